The molecule has 0 spiro atoms. The number of nitrogens with zero attached hydrogens (tertiary/aromatic N) is 3. The van der Waals surface area contributed by atoms with Crippen molar-refractivity contribution in [3.8, 4) is 17.0 Å². The molecule has 0 radical (unpaired) electrons. The van der Waals surface area contributed by atoms with Gasteiger partial charge in [0.1, 0.15) is 5.75 Å². The number of carbonyl (C=O) groups is 2. The number of nitrogens with one attached hydrogen (secondary N) is 2. The first-order valence-corrected chi connectivity index (χ1v) is 9.47. The van der Waals surface area contributed by atoms with E-state index in [1.165, 1.54) is 0 Å². The maximum Gasteiger partial charge on any atom is 0.251 e. The van der Waals surface area contributed by atoms with E-state index in [1.807, 2.05) is 42.5 Å². The van der Waals surface area contributed by atoms with Gasteiger partial charge in [-0.05, 0) is 60.7 Å². The molecular formula is C22H20N6O3. The summed E-state index contributed by atoms with van der Waals surface area (Å²) in [5, 5.41) is 10.1. The molecule has 156 valence electrons. The van der Waals surface area contributed by atoms with E-state index >= 15 is 0 Å². The Bertz CT molecular complexity index is 1230. The maximum atomic E-state index is 12.0. The molecule has 0 saturated heterocycles. The van der Waals surface area contributed by atoms with Crippen molar-refractivity contribution in [2.75, 3.05) is 19.0 Å². The number of hydrogen-bond donors (Lipinski definition) is 3. The third-order valence-electron chi connectivity index (χ3n) is 4.57. The van der Waals surface area contributed by atoms with E-state index in [0.717, 1.165) is 17.0 Å². The normalized spacial score (nSPS) is 10.6. The fraction of sp³-hybridized carbons (Fsp3) is 0.0909. The molecule has 0 aliphatic heterocycles. The van der Waals surface area contributed by atoms with Crippen molar-refractivity contribution < 1.29 is 14.3 Å². The van der Waals surface area contributed by atoms with Crippen LogP contribution < -0.4 is 21.1 Å². The van der Waals surface area contributed by atoms with Crippen molar-refractivity contribution in [1.82, 2.24) is 19.9 Å². The largest absolute Gasteiger partial charge is 0.497 e. The summed E-state index contributed by atoms with van der Waals surface area (Å²) in [5.74, 6) is 0.231. The SMILES string of the molecule is COc1ccc(-c2cccc3nc(Nc4ccc(C(=O)NCC(N)=O)cc4)nn23)cc1. The molecule has 4 aromatic rings. The monoisotopic (exact) mass is 416 g/mol. The fourth-order valence-electron chi connectivity index (χ4n) is 3.04. The van der Waals surface area contributed by atoms with E-state index in [0.29, 0.717) is 22.8 Å². The molecule has 9 heteroatoms. The molecule has 31 heavy (non-hydrogen) atoms. The highest BCUT2D eigenvalue weighted by Crippen LogP contribution is 2.24. The molecule has 0 atom stereocenters. The number of nitrogens with two attached hydrogens (primary N) is 1. The van der Waals surface area contributed by atoms with Crippen LogP contribution in [0.1, 0.15) is 10.4 Å². The first-order chi connectivity index (χ1) is 15.0. The second-order valence-corrected chi connectivity index (χ2v) is 6.70. The van der Waals surface area contributed by atoms with Gasteiger partial charge in [0, 0.05) is 16.8 Å². The first kappa shape index (κ1) is 19.9. The Kier molecular flexibility index (Phi) is 5.48. The summed E-state index contributed by atoms with van der Waals surface area (Å²) in [6, 6.07) is 20.2. The number of amides is 2. The highest BCUT2D eigenvalue weighted by Gasteiger charge is 2.10. The zero-order valence-electron chi connectivity index (χ0n) is 16.7. The third kappa shape index (κ3) is 4.45. The zero-order valence-corrected chi connectivity index (χ0v) is 16.7. The molecule has 4 rings (SSSR count). The lowest BCUT2D eigenvalue weighted by Crippen LogP contribution is -2.33. The predicted octanol–water partition coefficient (Wildman–Crippen LogP) is 2.36. The molecular weight excluding hydrogens is 396 g/mol. The van der Waals surface area contributed by atoms with Crippen LogP contribution in [0.25, 0.3) is 16.9 Å². The molecule has 0 saturated carbocycles. The minimum Gasteiger partial charge on any atom is -0.497 e. The molecule has 4 N–H and O–H groups in total. The number of aromatic nitrogens is 3. The number of carbonyl (C=O) groups excluding carboxylic acids is 2. The molecule has 2 heterocycles. The minimum absolute atomic E-state index is 0.208. The van der Waals surface area contributed by atoms with E-state index in [9.17, 15) is 9.59 Å². The van der Waals surface area contributed by atoms with Gasteiger partial charge in [0.25, 0.3) is 5.91 Å². The lowest BCUT2D eigenvalue weighted by Gasteiger charge is -2.06. The number of primary amides is 1. The van der Waals surface area contributed by atoms with Gasteiger partial charge in [-0.1, -0.05) is 6.07 Å². The average Bonchev–Trinajstić information content (AvgIpc) is 3.20. The predicted molar refractivity (Wildman–Crippen MR) is 116 cm³/mol. The van der Waals surface area contributed by atoms with Crippen LogP contribution >= 0.6 is 0 Å². The Balaban J connectivity index is 1.54. The second kappa shape index (κ2) is 8.54. The van der Waals surface area contributed by atoms with E-state index in [4.69, 9.17) is 10.5 Å². The molecule has 0 aliphatic carbocycles. The smallest absolute Gasteiger partial charge is 0.251 e. The molecule has 0 fully saturated rings. The summed E-state index contributed by atoms with van der Waals surface area (Å²) < 4.78 is 6.98. The zero-order chi connectivity index (χ0) is 21.8. The molecule has 2 aromatic heterocycles. The number of fused-ring (bicyclic) bond motifs is 1. The first-order valence-electron chi connectivity index (χ1n) is 9.47. The molecule has 0 unspecified atom stereocenters. The molecule has 0 bridgehead atoms. The van der Waals surface area contributed by atoms with E-state index < -0.39 is 5.91 Å². The van der Waals surface area contributed by atoms with Crippen LogP contribution in [-0.4, -0.2) is 40.1 Å². The highest BCUT2D eigenvalue weighted by molar-refractivity contribution is 5.96. The van der Waals surface area contributed by atoms with Crippen LogP contribution in [0.4, 0.5) is 11.6 Å². The van der Waals surface area contributed by atoms with Gasteiger partial charge < -0.3 is 21.1 Å². The van der Waals surface area contributed by atoms with E-state index in [-0.39, 0.29) is 12.5 Å². The minimum atomic E-state index is -0.599. The van der Waals surface area contributed by atoms with Gasteiger partial charge in [-0.3, -0.25) is 9.59 Å². The second-order valence-electron chi connectivity index (χ2n) is 6.70. The van der Waals surface area contributed by atoms with Crippen molar-refractivity contribution in [2.45, 2.75) is 0 Å². The summed E-state index contributed by atoms with van der Waals surface area (Å²) in [6.07, 6.45) is 0. The molecule has 2 amide bonds. The Morgan fingerprint density at radius 1 is 1.03 bits per heavy atom. The lowest BCUT2D eigenvalue weighted by molar-refractivity contribution is -0.117. The number of pyridine rings is 1. The number of rotatable bonds is 7. The number of ether oxygens (including phenoxy) is 1. The van der Waals surface area contributed by atoms with Crippen LogP contribution in [0.5, 0.6) is 5.75 Å². The van der Waals surface area contributed by atoms with Gasteiger partial charge in [-0.2, -0.15) is 4.98 Å². The fourth-order valence-corrected chi connectivity index (χ4v) is 3.04. The summed E-state index contributed by atoms with van der Waals surface area (Å²) in [6.45, 7) is -0.208. The van der Waals surface area contributed by atoms with Gasteiger partial charge in [0.05, 0.1) is 19.3 Å². The van der Waals surface area contributed by atoms with Crippen molar-refractivity contribution in [1.29, 1.82) is 0 Å². The summed E-state index contributed by atoms with van der Waals surface area (Å²) in [7, 11) is 1.63. The molecule has 0 aliphatic rings. The highest BCUT2D eigenvalue weighted by atomic mass is 16.5. The van der Waals surface area contributed by atoms with Crippen LogP contribution in [-0.2, 0) is 4.79 Å². The summed E-state index contributed by atoms with van der Waals surface area (Å²) in [5.41, 5.74) is 8.73. The maximum absolute atomic E-state index is 12.0. The quantitative estimate of drug-likeness (QED) is 0.425. The van der Waals surface area contributed by atoms with Crippen LogP contribution in [0.3, 0.4) is 0 Å². The Morgan fingerprint density at radius 2 is 1.77 bits per heavy atom. The van der Waals surface area contributed by atoms with Crippen molar-refractivity contribution in [3.05, 3.63) is 72.3 Å². The molecule has 9 nitrogen and oxygen atoms in total. The standard InChI is InChI=1S/C22H20N6O3/c1-31-17-11-7-14(8-12-17)18-3-2-4-20-26-22(27-28(18)20)25-16-9-5-15(6-10-16)21(30)24-13-19(23)29/h2-12H,13H2,1H3,(H2,23,29)(H,24,30)(H,25,27). The summed E-state index contributed by atoms with van der Waals surface area (Å²) in [4.78, 5) is 27.3. The van der Waals surface area contributed by atoms with Crippen molar-refractivity contribution in [3.63, 3.8) is 0 Å². The van der Waals surface area contributed by atoms with Gasteiger partial charge in [0.15, 0.2) is 5.65 Å². The Hall–Kier alpha value is -4.40. The van der Waals surface area contributed by atoms with Crippen LogP contribution in [0, 0.1) is 0 Å². The van der Waals surface area contributed by atoms with Gasteiger partial charge in [-0.15, -0.1) is 5.10 Å². The average molecular weight is 416 g/mol. The third-order valence-corrected chi connectivity index (χ3v) is 4.57. The van der Waals surface area contributed by atoms with E-state index in [2.05, 4.69) is 20.7 Å². The number of benzene rings is 2. The van der Waals surface area contributed by atoms with Crippen molar-refractivity contribution >= 4 is 29.1 Å². The van der Waals surface area contributed by atoms with E-state index in [1.54, 1.807) is 35.9 Å². The topological polar surface area (TPSA) is 124 Å². The summed E-state index contributed by atoms with van der Waals surface area (Å²) >= 11 is 0. The number of anilines is 2. The van der Waals surface area contributed by atoms with Crippen LogP contribution in [0.15, 0.2) is 66.7 Å². The number of methoxy groups -OCH3 is 1. The Morgan fingerprint density at radius 3 is 2.45 bits per heavy atom. The van der Waals surface area contributed by atoms with Gasteiger partial charge in [-0.25, -0.2) is 4.52 Å². The Labute approximate surface area is 177 Å². The van der Waals surface area contributed by atoms with Crippen molar-refractivity contribution in [2.24, 2.45) is 5.73 Å². The number of hydrogen-bond acceptors (Lipinski definition) is 6. The van der Waals surface area contributed by atoms with Crippen LogP contribution in [0.2, 0.25) is 0 Å². The molecule has 2 aromatic carbocycles. The van der Waals surface area contributed by atoms with Gasteiger partial charge in [0.2, 0.25) is 11.9 Å². The van der Waals surface area contributed by atoms with Gasteiger partial charge >= 0.3 is 0 Å². The lowest BCUT2D eigenvalue weighted by atomic mass is 10.1.